The summed E-state index contributed by atoms with van der Waals surface area (Å²) >= 11 is 0. The zero-order valence-electron chi connectivity index (χ0n) is 4.83. The minimum Gasteiger partial charge on any atom is -0.454 e. The third kappa shape index (κ3) is 0.810. The van der Waals surface area contributed by atoms with Crippen molar-refractivity contribution in [3.63, 3.8) is 0 Å². The molecule has 1 aliphatic rings. The lowest BCUT2D eigenvalue weighted by atomic mass is 10.2. The molecule has 0 aromatic carbocycles. The number of hydrogen-bond acceptors (Lipinski definition) is 4. The summed E-state index contributed by atoms with van der Waals surface area (Å²) in [7, 11) is 0. The van der Waals surface area contributed by atoms with Crippen molar-refractivity contribution in [2.45, 2.75) is 19.1 Å². The van der Waals surface area contributed by atoms with E-state index in [1.807, 2.05) is 0 Å². The molecular weight excluding hydrogens is 124 g/mol. The third-order valence-corrected chi connectivity index (χ3v) is 1.21. The van der Waals surface area contributed by atoms with Crippen LogP contribution in [0.15, 0.2) is 0 Å². The highest BCUT2D eigenvalue weighted by molar-refractivity contribution is 6.37. The van der Waals surface area contributed by atoms with Crippen molar-refractivity contribution in [1.29, 1.82) is 0 Å². The van der Waals surface area contributed by atoms with Crippen LogP contribution in [0.2, 0.25) is 0 Å². The second kappa shape index (κ2) is 1.80. The third-order valence-electron chi connectivity index (χ3n) is 1.21. The van der Waals surface area contributed by atoms with Gasteiger partial charge in [-0.1, -0.05) is 0 Å². The Balaban J connectivity index is 2.77. The fourth-order valence-electron chi connectivity index (χ4n) is 0.625. The van der Waals surface area contributed by atoms with Crippen molar-refractivity contribution in [3.05, 3.63) is 0 Å². The van der Waals surface area contributed by atoms with Crippen LogP contribution in [0.1, 0.15) is 6.92 Å². The van der Waals surface area contributed by atoms with Gasteiger partial charge in [0.05, 0.1) is 0 Å². The largest absolute Gasteiger partial charge is 0.454 e. The molecule has 0 bridgehead atoms. The topological polar surface area (TPSA) is 63.6 Å². The van der Waals surface area contributed by atoms with E-state index in [4.69, 9.17) is 5.11 Å². The van der Waals surface area contributed by atoms with Gasteiger partial charge in [0.25, 0.3) is 5.78 Å². The summed E-state index contributed by atoms with van der Waals surface area (Å²) in [5, 5.41) is 8.74. The highest BCUT2D eigenvalue weighted by atomic mass is 16.6. The van der Waals surface area contributed by atoms with Crippen LogP contribution in [0.25, 0.3) is 0 Å². The van der Waals surface area contributed by atoms with Gasteiger partial charge in [-0.05, 0) is 6.92 Å². The van der Waals surface area contributed by atoms with Gasteiger partial charge in [-0.25, -0.2) is 4.79 Å². The summed E-state index contributed by atoms with van der Waals surface area (Å²) in [6.45, 7) is 1.47. The van der Waals surface area contributed by atoms with Crippen LogP contribution in [-0.4, -0.2) is 29.1 Å². The summed E-state index contributed by atoms with van der Waals surface area (Å²) in [5.41, 5.74) is 0. The molecule has 1 heterocycles. The number of rotatable bonds is 0. The Morgan fingerprint density at radius 3 is 2.22 bits per heavy atom. The molecule has 50 valence electrons. The predicted octanol–water partition coefficient (Wildman–Crippen LogP) is -1.14. The van der Waals surface area contributed by atoms with Crippen molar-refractivity contribution < 1.29 is 19.4 Å². The molecule has 1 rings (SSSR count). The summed E-state index contributed by atoms with van der Waals surface area (Å²) in [5.74, 6) is -1.78. The summed E-state index contributed by atoms with van der Waals surface area (Å²) in [4.78, 5) is 20.7. The summed E-state index contributed by atoms with van der Waals surface area (Å²) < 4.78 is 4.35. The Kier molecular flexibility index (Phi) is 1.25. The molecule has 0 saturated carbocycles. The van der Waals surface area contributed by atoms with Gasteiger partial charge in [0.1, 0.15) is 6.10 Å². The minimum atomic E-state index is -1.25. The smallest absolute Gasteiger partial charge is 0.377 e. The summed E-state index contributed by atoms with van der Waals surface area (Å²) in [6.07, 6.45) is -1.93. The Bertz CT molecular complexity index is 162. The van der Waals surface area contributed by atoms with Gasteiger partial charge in [-0.2, -0.15) is 0 Å². The lowest BCUT2D eigenvalue weighted by molar-refractivity contribution is -0.148. The van der Waals surface area contributed by atoms with Crippen LogP contribution in [-0.2, 0) is 14.3 Å². The van der Waals surface area contributed by atoms with E-state index >= 15 is 0 Å². The van der Waals surface area contributed by atoms with Gasteiger partial charge in [0.15, 0.2) is 6.10 Å². The van der Waals surface area contributed by atoms with E-state index in [0.717, 1.165) is 0 Å². The van der Waals surface area contributed by atoms with Crippen molar-refractivity contribution in [1.82, 2.24) is 0 Å². The molecule has 1 fully saturated rings. The SMILES string of the molecule is CC1OC(=O)C(=O)C1O. The van der Waals surface area contributed by atoms with Crippen LogP contribution in [0.3, 0.4) is 0 Å². The Hall–Kier alpha value is -0.900. The normalized spacial score (nSPS) is 34.9. The van der Waals surface area contributed by atoms with Crippen molar-refractivity contribution >= 4 is 11.8 Å². The molecule has 4 heteroatoms. The molecule has 2 unspecified atom stereocenters. The highest BCUT2D eigenvalue weighted by Crippen LogP contribution is 2.09. The van der Waals surface area contributed by atoms with Crippen molar-refractivity contribution in [2.75, 3.05) is 0 Å². The van der Waals surface area contributed by atoms with E-state index in [0.29, 0.717) is 0 Å². The predicted molar refractivity (Wildman–Crippen MR) is 26.6 cm³/mol. The fourth-order valence-corrected chi connectivity index (χ4v) is 0.625. The van der Waals surface area contributed by atoms with Gasteiger partial charge >= 0.3 is 5.97 Å². The zero-order valence-corrected chi connectivity index (χ0v) is 4.83. The van der Waals surface area contributed by atoms with E-state index in [1.165, 1.54) is 6.92 Å². The number of Topliss-reactive ketones (excluding diaryl/α,β-unsaturated/α-hetero) is 1. The van der Waals surface area contributed by atoms with Crippen LogP contribution >= 0.6 is 0 Å². The van der Waals surface area contributed by atoms with Crippen LogP contribution in [0.5, 0.6) is 0 Å². The van der Waals surface area contributed by atoms with Crippen LogP contribution in [0, 0.1) is 0 Å². The lowest BCUT2D eigenvalue weighted by Gasteiger charge is -2.01. The van der Waals surface area contributed by atoms with Gasteiger partial charge in [-0.3, -0.25) is 4.79 Å². The molecule has 0 aromatic rings. The monoisotopic (exact) mass is 130 g/mol. The fraction of sp³-hybridized carbons (Fsp3) is 0.600. The zero-order chi connectivity index (χ0) is 7.02. The Morgan fingerprint density at radius 2 is 2.11 bits per heavy atom. The maximum Gasteiger partial charge on any atom is 0.377 e. The van der Waals surface area contributed by atoms with Crippen LogP contribution < -0.4 is 0 Å². The maximum absolute atomic E-state index is 10.4. The Labute approximate surface area is 51.4 Å². The van der Waals surface area contributed by atoms with Gasteiger partial charge in [0.2, 0.25) is 0 Å². The number of carbonyl (C=O) groups excluding carboxylic acids is 2. The Morgan fingerprint density at radius 1 is 1.56 bits per heavy atom. The van der Waals surface area contributed by atoms with E-state index in [-0.39, 0.29) is 0 Å². The first-order valence-corrected chi connectivity index (χ1v) is 2.56. The second-order valence-electron chi connectivity index (χ2n) is 1.92. The number of esters is 1. The number of aliphatic hydroxyl groups excluding tert-OH is 1. The molecule has 0 aromatic heterocycles. The molecule has 1 N–H and O–H groups in total. The molecule has 4 nitrogen and oxygen atoms in total. The number of hydrogen-bond donors (Lipinski definition) is 1. The van der Waals surface area contributed by atoms with Gasteiger partial charge in [-0.15, -0.1) is 0 Å². The van der Waals surface area contributed by atoms with Crippen LogP contribution in [0.4, 0.5) is 0 Å². The van der Waals surface area contributed by atoms with E-state index in [9.17, 15) is 9.59 Å². The number of aliphatic hydroxyl groups is 1. The highest BCUT2D eigenvalue weighted by Gasteiger charge is 2.39. The minimum absolute atomic E-state index is 0.676. The number of ketones is 1. The first-order chi connectivity index (χ1) is 4.13. The quantitative estimate of drug-likeness (QED) is 0.332. The molecule has 1 saturated heterocycles. The number of cyclic esters (lactones) is 1. The molecule has 1 aliphatic heterocycles. The molecule has 2 atom stereocenters. The molecule has 0 spiro atoms. The average molecular weight is 130 g/mol. The number of ether oxygens (including phenoxy) is 1. The molecule has 9 heavy (non-hydrogen) atoms. The van der Waals surface area contributed by atoms with Crippen molar-refractivity contribution in [3.8, 4) is 0 Å². The average Bonchev–Trinajstić information content (AvgIpc) is 1.98. The maximum atomic E-state index is 10.4. The molecule has 0 radical (unpaired) electrons. The molecule has 0 aliphatic carbocycles. The lowest BCUT2D eigenvalue weighted by Crippen LogP contribution is -2.24. The van der Waals surface area contributed by atoms with E-state index in [1.54, 1.807) is 0 Å². The summed E-state index contributed by atoms with van der Waals surface area (Å²) in [6, 6.07) is 0. The first-order valence-electron chi connectivity index (χ1n) is 2.56. The molecule has 0 amide bonds. The molecular formula is C5H6O4. The second-order valence-corrected chi connectivity index (χ2v) is 1.92. The van der Waals surface area contributed by atoms with E-state index in [2.05, 4.69) is 4.74 Å². The van der Waals surface area contributed by atoms with Gasteiger partial charge in [0, 0.05) is 0 Å². The first kappa shape index (κ1) is 6.22. The number of carbonyl (C=O) groups is 2. The van der Waals surface area contributed by atoms with Gasteiger partial charge < -0.3 is 9.84 Å². The standard InChI is InChI=1S/C5H6O4/c1-2-3(6)4(7)5(8)9-2/h2-3,6H,1H3. The van der Waals surface area contributed by atoms with E-state index < -0.39 is 24.0 Å². The van der Waals surface area contributed by atoms with Crippen molar-refractivity contribution in [2.24, 2.45) is 0 Å².